The third-order valence-electron chi connectivity index (χ3n) is 7.12. The van der Waals surface area contributed by atoms with Crippen molar-refractivity contribution in [3.63, 3.8) is 0 Å². The van der Waals surface area contributed by atoms with E-state index in [9.17, 15) is 4.79 Å². The van der Waals surface area contributed by atoms with Gasteiger partial charge in [0, 0.05) is 49.1 Å². The Morgan fingerprint density at radius 2 is 2.00 bits per heavy atom. The lowest BCUT2D eigenvalue weighted by Crippen LogP contribution is -2.43. The third kappa shape index (κ3) is 6.54. The molecular formula is C28H34BrN5O5. The second-order valence-corrected chi connectivity index (χ2v) is 10.4. The number of likely N-dealkylation sites (N-methyl/N-ethyl adjacent to an activating group) is 1. The van der Waals surface area contributed by atoms with Gasteiger partial charge in [-0.1, -0.05) is 0 Å². The number of hydrogen-bond donors (Lipinski definition) is 2. The number of halogens is 1. The first kappa shape index (κ1) is 27.4. The van der Waals surface area contributed by atoms with E-state index in [1.165, 1.54) is 6.33 Å². The summed E-state index contributed by atoms with van der Waals surface area (Å²) < 4.78 is 24.5. The Hall–Kier alpha value is -3.15. The molecule has 2 aromatic carbocycles. The van der Waals surface area contributed by atoms with Crippen LogP contribution < -0.4 is 24.8 Å². The molecule has 3 heterocycles. The van der Waals surface area contributed by atoms with Crippen LogP contribution in [0.15, 0.2) is 41.1 Å². The Balaban J connectivity index is 1.42. The van der Waals surface area contributed by atoms with Crippen LogP contribution in [-0.2, 0) is 9.53 Å². The number of aromatic nitrogens is 2. The molecule has 11 heteroatoms. The van der Waals surface area contributed by atoms with Gasteiger partial charge in [0.25, 0.3) is 0 Å². The van der Waals surface area contributed by atoms with Crippen molar-refractivity contribution in [2.75, 3.05) is 52.4 Å². The summed E-state index contributed by atoms with van der Waals surface area (Å²) in [7, 11) is 3.32. The normalized spacial score (nSPS) is 18.2. The number of likely N-dealkylation sites (tertiary alicyclic amines) is 1. The minimum atomic E-state index is -0.0973. The van der Waals surface area contributed by atoms with Crippen LogP contribution in [0, 0.1) is 0 Å². The first-order valence-electron chi connectivity index (χ1n) is 13.3. The van der Waals surface area contributed by atoms with Crippen LogP contribution in [0.1, 0.15) is 25.7 Å². The largest absolute Gasteiger partial charge is 0.497 e. The number of rotatable bonds is 10. The highest BCUT2D eigenvalue weighted by atomic mass is 79.9. The fraction of sp³-hybridized carbons (Fsp3) is 0.464. The fourth-order valence-corrected chi connectivity index (χ4v) is 5.41. The van der Waals surface area contributed by atoms with E-state index < -0.39 is 0 Å². The molecule has 3 aromatic rings. The molecule has 1 unspecified atom stereocenters. The summed E-state index contributed by atoms with van der Waals surface area (Å²) in [5.41, 5.74) is 1.51. The highest BCUT2D eigenvalue weighted by molar-refractivity contribution is 9.10. The second kappa shape index (κ2) is 12.8. The number of benzene rings is 2. The van der Waals surface area contributed by atoms with Gasteiger partial charge in [0.15, 0.2) is 0 Å². The third-order valence-corrected chi connectivity index (χ3v) is 7.82. The average molecular weight is 601 g/mol. The lowest BCUT2D eigenvalue weighted by Gasteiger charge is -2.25. The SMILES string of the molecule is CNC(=O)C1CCCN1CCOc1cc(OC2CCOCC2)c2c(Nc3cc(OC)ccc3Br)ncnc2c1. The van der Waals surface area contributed by atoms with Crippen molar-refractivity contribution in [2.45, 2.75) is 37.8 Å². The smallest absolute Gasteiger partial charge is 0.237 e. The van der Waals surface area contributed by atoms with Gasteiger partial charge in [-0.15, -0.1) is 0 Å². The molecule has 2 saturated heterocycles. The Bertz CT molecular complexity index is 1300. The van der Waals surface area contributed by atoms with Crippen LogP contribution in [0.3, 0.4) is 0 Å². The van der Waals surface area contributed by atoms with Crippen molar-refractivity contribution in [2.24, 2.45) is 0 Å². The van der Waals surface area contributed by atoms with E-state index in [1.807, 2.05) is 30.3 Å². The van der Waals surface area contributed by atoms with E-state index in [-0.39, 0.29) is 18.1 Å². The number of anilines is 2. The summed E-state index contributed by atoms with van der Waals surface area (Å²) in [4.78, 5) is 23.5. The van der Waals surface area contributed by atoms with Gasteiger partial charge in [-0.3, -0.25) is 9.69 Å². The van der Waals surface area contributed by atoms with Gasteiger partial charge < -0.3 is 29.6 Å². The summed E-state index contributed by atoms with van der Waals surface area (Å²) in [6, 6.07) is 9.42. The van der Waals surface area contributed by atoms with Crippen LogP contribution in [0.5, 0.6) is 17.2 Å². The van der Waals surface area contributed by atoms with E-state index in [2.05, 4.69) is 41.4 Å². The second-order valence-electron chi connectivity index (χ2n) is 9.59. The zero-order chi connectivity index (χ0) is 27.2. The maximum Gasteiger partial charge on any atom is 0.237 e. The summed E-state index contributed by atoms with van der Waals surface area (Å²) >= 11 is 3.61. The van der Waals surface area contributed by atoms with Crippen LogP contribution in [0.4, 0.5) is 11.5 Å². The number of amides is 1. The molecule has 5 rings (SSSR count). The minimum Gasteiger partial charge on any atom is -0.497 e. The fourth-order valence-electron chi connectivity index (χ4n) is 5.07. The molecule has 0 aliphatic carbocycles. The number of hydrogen-bond acceptors (Lipinski definition) is 9. The number of fused-ring (bicyclic) bond motifs is 1. The molecule has 39 heavy (non-hydrogen) atoms. The van der Waals surface area contributed by atoms with Crippen molar-refractivity contribution in [3.05, 3.63) is 41.1 Å². The highest BCUT2D eigenvalue weighted by Gasteiger charge is 2.29. The molecule has 1 aromatic heterocycles. The average Bonchev–Trinajstić information content (AvgIpc) is 3.43. The monoisotopic (exact) mass is 599 g/mol. The lowest BCUT2D eigenvalue weighted by molar-refractivity contribution is -0.125. The molecule has 10 nitrogen and oxygen atoms in total. The van der Waals surface area contributed by atoms with Gasteiger partial charge in [-0.25, -0.2) is 9.97 Å². The van der Waals surface area contributed by atoms with E-state index in [1.54, 1.807) is 14.2 Å². The maximum atomic E-state index is 12.2. The summed E-state index contributed by atoms with van der Waals surface area (Å²) in [5.74, 6) is 2.72. The summed E-state index contributed by atoms with van der Waals surface area (Å²) in [6.45, 7) is 3.33. The molecule has 0 radical (unpaired) electrons. The molecule has 1 atom stereocenters. The predicted molar refractivity (Wildman–Crippen MR) is 152 cm³/mol. The molecule has 208 valence electrons. The Morgan fingerprint density at radius 1 is 1.15 bits per heavy atom. The van der Waals surface area contributed by atoms with Crippen molar-refractivity contribution >= 4 is 44.2 Å². The Morgan fingerprint density at radius 3 is 2.79 bits per heavy atom. The van der Waals surface area contributed by atoms with Gasteiger partial charge in [-0.05, 0) is 47.4 Å². The molecule has 0 saturated carbocycles. The summed E-state index contributed by atoms with van der Waals surface area (Å²) in [5, 5.41) is 6.96. The van der Waals surface area contributed by atoms with Crippen LogP contribution in [0.2, 0.25) is 0 Å². The topological polar surface area (TPSA) is 107 Å². The molecule has 2 aliphatic rings. The van der Waals surface area contributed by atoms with Gasteiger partial charge in [-0.2, -0.15) is 0 Å². The molecule has 2 fully saturated rings. The van der Waals surface area contributed by atoms with Gasteiger partial charge in [0.2, 0.25) is 5.91 Å². The van der Waals surface area contributed by atoms with E-state index in [4.69, 9.17) is 18.9 Å². The van der Waals surface area contributed by atoms with Crippen LogP contribution >= 0.6 is 15.9 Å². The zero-order valence-electron chi connectivity index (χ0n) is 22.2. The zero-order valence-corrected chi connectivity index (χ0v) is 23.8. The number of carbonyl (C=O) groups excluding carboxylic acids is 1. The number of carbonyl (C=O) groups is 1. The summed E-state index contributed by atoms with van der Waals surface area (Å²) in [6.07, 6.45) is 5.04. The van der Waals surface area contributed by atoms with Crippen molar-refractivity contribution < 1.29 is 23.7 Å². The van der Waals surface area contributed by atoms with E-state index in [0.29, 0.717) is 49.2 Å². The standard InChI is InChI=1S/C28H34BrN5O5/c1-30-28(35)24-4-3-9-34(24)10-13-38-20-15-23-26(25(16-20)39-18-7-11-37-12-8-18)27(32-17-31-23)33-22-14-19(36-2)5-6-21(22)29/h5-6,14-18,24H,3-4,7-13H2,1-2H3,(H,30,35)(H,31,32,33). The molecule has 0 bridgehead atoms. The molecule has 2 aliphatic heterocycles. The maximum absolute atomic E-state index is 12.2. The molecule has 2 N–H and O–H groups in total. The Kier molecular flexibility index (Phi) is 9.00. The van der Waals surface area contributed by atoms with Crippen LogP contribution in [-0.4, -0.2) is 80.0 Å². The number of nitrogens with one attached hydrogen (secondary N) is 2. The van der Waals surface area contributed by atoms with E-state index >= 15 is 0 Å². The number of methoxy groups -OCH3 is 1. The first-order valence-corrected chi connectivity index (χ1v) is 14.1. The predicted octanol–water partition coefficient (Wildman–Crippen LogP) is 4.29. The lowest BCUT2D eigenvalue weighted by atomic mass is 10.1. The van der Waals surface area contributed by atoms with Gasteiger partial charge in [0.05, 0.1) is 43.0 Å². The number of nitrogens with zero attached hydrogens (tertiary/aromatic N) is 3. The first-order chi connectivity index (χ1) is 19.1. The number of ether oxygens (including phenoxy) is 4. The highest BCUT2D eigenvalue weighted by Crippen LogP contribution is 2.38. The Labute approximate surface area is 236 Å². The van der Waals surface area contributed by atoms with Crippen molar-refractivity contribution in [1.82, 2.24) is 20.2 Å². The molecular weight excluding hydrogens is 566 g/mol. The van der Waals surface area contributed by atoms with Gasteiger partial charge >= 0.3 is 0 Å². The van der Waals surface area contributed by atoms with Crippen molar-refractivity contribution in [3.8, 4) is 17.2 Å². The minimum absolute atomic E-state index is 0.0201. The molecule has 0 spiro atoms. The van der Waals surface area contributed by atoms with E-state index in [0.717, 1.165) is 53.5 Å². The quantitative estimate of drug-likeness (QED) is 0.353. The van der Waals surface area contributed by atoms with Crippen molar-refractivity contribution in [1.29, 1.82) is 0 Å². The molecule has 1 amide bonds. The van der Waals surface area contributed by atoms with Crippen LogP contribution in [0.25, 0.3) is 10.9 Å². The van der Waals surface area contributed by atoms with Gasteiger partial charge in [0.1, 0.15) is 42.1 Å².